The van der Waals surface area contributed by atoms with Gasteiger partial charge in [-0.15, -0.1) is 0 Å². The third-order valence-corrected chi connectivity index (χ3v) is 1.31. The normalized spacial score (nSPS) is 35.3. The first-order valence-electron chi connectivity index (χ1n) is 3.28. The zero-order valence-electron chi connectivity index (χ0n) is 5.54. The van der Waals surface area contributed by atoms with E-state index in [0.717, 1.165) is 6.42 Å². The molecule has 1 aliphatic rings. The monoisotopic (exact) mass is 132 g/mol. The maximum absolute atomic E-state index is 8.82. The van der Waals surface area contributed by atoms with E-state index >= 15 is 0 Å². The van der Waals surface area contributed by atoms with E-state index in [2.05, 4.69) is 0 Å². The molecule has 0 radical (unpaired) electrons. The van der Waals surface area contributed by atoms with Crippen LogP contribution in [0.3, 0.4) is 0 Å². The average Bonchev–Trinajstić information content (AvgIpc) is 2.17. The summed E-state index contributed by atoms with van der Waals surface area (Å²) < 4.78 is 10.0. The molecule has 0 aromatic heterocycles. The Bertz CT molecular complexity index is 82.4. The number of rotatable bonds is 2. The van der Waals surface area contributed by atoms with Crippen molar-refractivity contribution in [2.24, 2.45) is 0 Å². The van der Waals surface area contributed by atoms with Crippen molar-refractivity contribution in [3.63, 3.8) is 0 Å². The maximum Gasteiger partial charge on any atom is 0.160 e. The van der Waals surface area contributed by atoms with Crippen LogP contribution in [-0.4, -0.2) is 24.3 Å². The summed E-state index contributed by atoms with van der Waals surface area (Å²) in [5, 5.41) is 8.82. The molecule has 0 aliphatic carbocycles. The minimum atomic E-state index is -0.596. The molecule has 3 nitrogen and oxygen atoms in total. The molecule has 1 aliphatic heterocycles. The first kappa shape index (κ1) is 6.99. The van der Waals surface area contributed by atoms with Crippen molar-refractivity contribution < 1.29 is 14.6 Å². The molecule has 2 unspecified atom stereocenters. The lowest BCUT2D eigenvalue weighted by molar-refractivity contribution is -0.183. The van der Waals surface area contributed by atoms with Crippen LogP contribution in [0.4, 0.5) is 0 Å². The van der Waals surface area contributed by atoms with Crippen molar-refractivity contribution in [3.05, 3.63) is 0 Å². The second-order valence-corrected chi connectivity index (χ2v) is 2.05. The lowest BCUT2D eigenvalue weighted by Gasteiger charge is -2.08. The molecule has 0 saturated carbocycles. The van der Waals surface area contributed by atoms with Gasteiger partial charge in [-0.05, 0) is 6.92 Å². The van der Waals surface area contributed by atoms with Crippen molar-refractivity contribution in [2.75, 3.05) is 6.61 Å². The lowest BCUT2D eigenvalue weighted by atomic mass is 10.3. The summed E-state index contributed by atoms with van der Waals surface area (Å²) in [6.07, 6.45) is 0.756. The van der Waals surface area contributed by atoms with Crippen LogP contribution in [0.15, 0.2) is 0 Å². The van der Waals surface area contributed by atoms with Gasteiger partial charge < -0.3 is 14.6 Å². The fourth-order valence-electron chi connectivity index (χ4n) is 0.898. The third kappa shape index (κ3) is 1.93. The number of hydrogen-bond donors (Lipinski definition) is 1. The SMILES string of the molecule is CCOC1CCC(O)O1. The molecule has 3 heteroatoms. The summed E-state index contributed by atoms with van der Waals surface area (Å²) in [6, 6.07) is 0. The van der Waals surface area contributed by atoms with Crippen molar-refractivity contribution >= 4 is 0 Å². The van der Waals surface area contributed by atoms with Gasteiger partial charge in [0.2, 0.25) is 0 Å². The van der Waals surface area contributed by atoms with Crippen LogP contribution in [0.5, 0.6) is 0 Å². The highest BCUT2D eigenvalue weighted by Gasteiger charge is 2.22. The summed E-state index contributed by atoms with van der Waals surface area (Å²) in [7, 11) is 0. The van der Waals surface area contributed by atoms with Gasteiger partial charge in [-0.1, -0.05) is 0 Å². The molecule has 9 heavy (non-hydrogen) atoms. The van der Waals surface area contributed by atoms with Crippen molar-refractivity contribution in [2.45, 2.75) is 32.3 Å². The average molecular weight is 132 g/mol. The second kappa shape index (κ2) is 3.15. The van der Waals surface area contributed by atoms with Gasteiger partial charge in [-0.3, -0.25) is 0 Å². The van der Waals surface area contributed by atoms with Gasteiger partial charge in [0.25, 0.3) is 0 Å². The molecule has 0 aromatic carbocycles. The standard InChI is InChI=1S/C6H12O3/c1-2-8-6-4-3-5(7)9-6/h5-7H,2-4H2,1H3. The van der Waals surface area contributed by atoms with Gasteiger partial charge in [0.05, 0.1) is 0 Å². The van der Waals surface area contributed by atoms with Crippen LogP contribution in [0.25, 0.3) is 0 Å². The van der Waals surface area contributed by atoms with E-state index in [1.165, 1.54) is 0 Å². The number of ether oxygens (including phenoxy) is 2. The van der Waals surface area contributed by atoms with Gasteiger partial charge in [0.15, 0.2) is 12.6 Å². The molecule has 0 aromatic rings. The molecule has 2 atom stereocenters. The molecule has 0 spiro atoms. The van der Waals surface area contributed by atoms with Crippen LogP contribution in [0.1, 0.15) is 19.8 Å². The van der Waals surface area contributed by atoms with Gasteiger partial charge in [0.1, 0.15) is 0 Å². The number of aliphatic hydroxyl groups excluding tert-OH is 1. The number of hydrogen-bond acceptors (Lipinski definition) is 3. The molecule has 1 heterocycles. The molecule has 1 N–H and O–H groups in total. The summed E-state index contributed by atoms with van der Waals surface area (Å²) in [4.78, 5) is 0. The van der Waals surface area contributed by atoms with Crippen molar-refractivity contribution in [1.82, 2.24) is 0 Å². The first-order valence-corrected chi connectivity index (χ1v) is 3.28. The molecule has 1 fully saturated rings. The quantitative estimate of drug-likeness (QED) is 0.593. The predicted molar refractivity (Wildman–Crippen MR) is 31.7 cm³/mol. The molecule has 0 bridgehead atoms. The Labute approximate surface area is 54.6 Å². The molecular formula is C6H12O3. The van der Waals surface area contributed by atoms with Gasteiger partial charge in [-0.25, -0.2) is 0 Å². The lowest BCUT2D eigenvalue weighted by Crippen LogP contribution is -2.13. The first-order chi connectivity index (χ1) is 4.33. The molecular weight excluding hydrogens is 120 g/mol. The molecule has 0 amide bonds. The zero-order valence-corrected chi connectivity index (χ0v) is 5.54. The fourth-order valence-corrected chi connectivity index (χ4v) is 0.898. The minimum absolute atomic E-state index is 0.162. The fraction of sp³-hybridized carbons (Fsp3) is 1.00. The summed E-state index contributed by atoms with van der Waals surface area (Å²) in [5.74, 6) is 0. The van der Waals surface area contributed by atoms with E-state index in [9.17, 15) is 0 Å². The molecule has 1 rings (SSSR count). The predicted octanol–water partition coefficient (Wildman–Crippen LogP) is 0.478. The maximum atomic E-state index is 8.82. The van der Waals surface area contributed by atoms with E-state index in [-0.39, 0.29) is 6.29 Å². The van der Waals surface area contributed by atoms with E-state index < -0.39 is 6.29 Å². The van der Waals surface area contributed by atoms with Crippen LogP contribution in [0, 0.1) is 0 Å². The van der Waals surface area contributed by atoms with E-state index in [0.29, 0.717) is 13.0 Å². The summed E-state index contributed by atoms with van der Waals surface area (Å²) in [6.45, 7) is 2.56. The highest BCUT2D eigenvalue weighted by molar-refractivity contribution is 4.57. The third-order valence-electron chi connectivity index (χ3n) is 1.31. The Hall–Kier alpha value is -0.120. The Kier molecular flexibility index (Phi) is 2.45. The highest BCUT2D eigenvalue weighted by atomic mass is 16.7. The van der Waals surface area contributed by atoms with Crippen LogP contribution in [0.2, 0.25) is 0 Å². The van der Waals surface area contributed by atoms with Crippen LogP contribution in [-0.2, 0) is 9.47 Å². The van der Waals surface area contributed by atoms with Crippen LogP contribution >= 0.6 is 0 Å². The summed E-state index contributed by atoms with van der Waals surface area (Å²) in [5.41, 5.74) is 0. The summed E-state index contributed by atoms with van der Waals surface area (Å²) >= 11 is 0. The largest absolute Gasteiger partial charge is 0.368 e. The molecule has 54 valence electrons. The Morgan fingerprint density at radius 2 is 2.44 bits per heavy atom. The Morgan fingerprint density at radius 1 is 1.67 bits per heavy atom. The Balaban J connectivity index is 2.14. The Morgan fingerprint density at radius 3 is 2.89 bits per heavy atom. The topological polar surface area (TPSA) is 38.7 Å². The zero-order chi connectivity index (χ0) is 6.69. The van der Waals surface area contributed by atoms with Gasteiger partial charge >= 0.3 is 0 Å². The van der Waals surface area contributed by atoms with Crippen LogP contribution < -0.4 is 0 Å². The van der Waals surface area contributed by atoms with Crippen molar-refractivity contribution in [1.29, 1.82) is 0 Å². The minimum Gasteiger partial charge on any atom is -0.368 e. The highest BCUT2D eigenvalue weighted by Crippen LogP contribution is 2.17. The van der Waals surface area contributed by atoms with E-state index in [1.54, 1.807) is 0 Å². The van der Waals surface area contributed by atoms with E-state index in [4.69, 9.17) is 14.6 Å². The smallest absolute Gasteiger partial charge is 0.160 e. The second-order valence-electron chi connectivity index (χ2n) is 2.05. The van der Waals surface area contributed by atoms with Gasteiger partial charge in [0, 0.05) is 19.4 Å². The van der Waals surface area contributed by atoms with Crippen molar-refractivity contribution in [3.8, 4) is 0 Å². The van der Waals surface area contributed by atoms with E-state index in [1.807, 2.05) is 6.92 Å². The van der Waals surface area contributed by atoms with Gasteiger partial charge in [-0.2, -0.15) is 0 Å². The molecule has 1 saturated heterocycles. The number of aliphatic hydroxyl groups is 1.